The summed E-state index contributed by atoms with van der Waals surface area (Å²) in [6, 6.07) is 7.13. The minimum Gasteiger partial charge on any atom is -0.493 e. The van der Waals surface area contributed by atoms with E-state index in [2.05, 4.69) is 39.4 Å². The fourth-order valence-corrected chi connectivity index (χ4v) is 3.43. The van der Waals surface area contributed by atoms with Crippen molar-refractivity contribution in [2.24, 2.45) is 0 Å². The van der Waals surface area contributed by atoms with Crippen molar-refractivity contribution in [3.05, 3.63) is 28.2 Å². The van der Waals surface area contributed by atoms with E-state index in [0.29, 0.717) is 0 Å². The van der Waals surface area contributed by atoms with Gasteiger partial charge in [-0.2, -0.15) is 0 Å². The summed E-state index contributed by atoms with van der Waals surface area (Å²) < 4.78 is 6.88. The van der Waals surface area contributed by atoms with Gasteiger partial charge >= 0.3 is 0 Å². The summed E-state index contributed by atoms with van der Waals surface area (Å²) in [5.74, 6) is 1.04. The van der Waals surface area contributed by atoms with Gasteiger partial charge in [0.05, 0.1) is 12.6 Å². The molecule has 0 aromatic heterocycles. The lowest BCUT2D eigenvalue weighted by molar-refractivity contribution is -0.706. The van der Waals surface area contributed by atoms with Crippen molar-refractivity contribution in [3.63, 3.8) is 0 Å². The fraction of sp³-hybridized carbons (Fsp3) is 0.647. The van der Waals surface area contributed by atoms with Gasteiger partial charge in [-0.05, 0) is 50.8 Å². The molecule has 2 rings (SSSR count). The first kappa shape index (κ1) is 15.8. The number of halogens is 1. The summed E-state index contributed by atoms with van der Waals surface area (Å²) in [5, 5.41) is 2.52. The molecule has 1 aromatic rings. The van der Waals surface area contributed by atoms with Crippen LogP contribution < -0.4 is 10.1 Å². The SMILES string of the molecule is CCOc1ccc(Br)cc1C[NH2+]C1CCCCCCC1. The Morgan fingerprint density at radius 1 is 1.15 bits per heavy atom. The third-order valence-electron chi connectivity index (χ3n) is 4.14. The molecule has 0 atom stereocenters. The Labute approximate surface area is 131 Å². The predicted molar refractivity (Wildman–Crippen MR) is 87.0 cm³/mol. The van der Waals surface area contributed by atoms with E-state index in [0.717, 1.165) is 29.4 Å². The zero-order valence-corrected chi connectivity index (χ0v) is 14.1. The quantitative estimate of drug-likeness (QED) is 0.860. The summed E-state index contributed by atoms with van der Waals surface area (Å²) in [7, 11) is 0. The van der Waals surface area contributed by atoms with Crippen molar-refractivity contribution < 1.29 is 10.1 Å². The minimum atomic E-state index is 0.734. The molecule has 1 aliphatic carbocycles. The Hall–Kier alpha value is -0.540. The molecule has 1 saturated carbocycles. The molecule has 1 aromatic carbocycles. The van der Waals surface area contributed by atoms with Crippen LogP contribution in [0.2, 0.25) is 0 Å². The Kier molecular flexibility index (Phi) is 6.88. The zero-order valence-electron chi connectivity index (χ0n) is 12.5. The van der Waals surface area contributed by atoms with Gasteiger partial charge in [0.2, 0.25) is 0 Å². The highest BCUT2D eigenvalue weighted by Crippen LogP contribution is 2.23. The van der Waals surface area contributed by atoms with Gasteiger partial charge in [0.15, 0.2) is 0 Å². The number of benzene rings is 1. The van der Waals surface area contributed by atoms with Crippen LogP contribution in [-0.4, -0.2) is 12.6 Å². The van der Waals surface area contributed by atoms with E-state index < -0.39 is 0 Å². The van der Waals surface area contributed by atoms with Crippen molar-refractivity contribution in [1.82, 2.24) is 0 Å². The van der Waals surface area contributed by atoms with Crippen LogP contribution in [-0.2, 0) is 6.54 Å². The maximum Gasteiger partial charge on any atom is 0.128 e. The monoisotopic (exact) mass is 340 g/mol. The van der Waals surface area contributed by atoms with E-state index >= 15 is 0 Å². The van der Waals surface area contributed by atoms with Gasteiger partial charge in [-0.1, -0.05) is 35.2 Å². The van der Waals surface area contributed by atoms with E-state index in [1.807, 2.05) is 6.92 Å². The maximum absolute atomic E-state index is 5.74. The van der Waals surface area contributed by atoms with Crippen LogP contribution in [0.4, 0.5) is 0 Å². The van der Waals surface area contributed by atoms with Gasteiger partial charge in [0.25, 0.3) is 0 Å². The van der Waals surface area contributed by atoms with Crippen LogP contribution in [0.1, 0.15) is 57.4 Å². The zero-order chi connectivity index (χ0) is 14.2. The molecule has 112 valence electrons. The van der Waals surface area contributed by atoms with Crippen LogP contribution in [0.5, 0.6) is 5.75 Å². The van der Waals surface area contributed by atoms with Gasteiger partial charge in [-0.15, -0.1) is 0 Å². The van der Waals surface area contributed by atoms with E-state index in [1.54, 1.807) is 0 Å². The smallest absolute Gasteiger partial charge is 0.128 e. The average Bonchev–Trinajstić information content (AvgIpc) is 2.40. The molecule has 2 N–H and O–H groups in total. The molecule has 3 heteroatoms. The molecule has 1 fully saturated rings. The highest BCUT2D eigenvalue weighted by Gasteiger charge is 2.15. The Balaban J connectivity index is 1.92. The Morgan fingerprint density at radius 3 is 2.55 bits per heavy atom. The molecule has 20 heavy (non-hydrogen) atoms. The topological polar surface area (TPSA) is 25.8 Å². The standard InChI is InChI=1S/C17H26BrNO/c1-2-20-17-11-10-15(18)12-14(17)13-19-16-8-6-4-3-5-7-9-16/h10-12,16,19H,2-9,13H2,1H3/p+1. The van der Waals surface area contributed by atoms with Crippen molar-refractivity contribution in [3.8, 4) is 5.75 Å². The van der Waals surface area contributed by atoms with Crippen molar-refractivity contribution in [2.75, 3.05) is 6.61 Å². The normalized spacial score (nSPS) is 17.5. The molecule has 2 nitrogen and oxygen atoms in total. The first-order chi connectivity index (χ1) is 9.79. The van der Waals surface area contributed by atoms with Crippen molar-refractivity contribution in [1.29, 1.82) is 0 Å². The van der Waals surface area contributed by atoms with E-state index in [9.17, 15) is 0 Å². The molecule has 0 spiro atoms. The van der Waals surface area contributed by atoms with Crippen molar-refractivity contribution in [2.45, 2.75) is 64.5 Å². The van der Waals surface area contributed by atoms with Gasteiger partial charge in [-0.25, -0.2) is 0 Å². The van der Waals surface area contributed by atoms with Gasteiger partial charge < -0.3 is 10.1 Å². The second kappa shape index (κ2) is 8.68. The number of hydrogen-bond donors (Lipinski definition) is 1. The van der Waals surface area contributed by atoms with E-state index in [-0.39, 0.29) is 0 Å². The molecule has 0 amide bonds. The van der Waals surface area contributed by atoms with E-state index in [4.69, 9.17) is 4.74 Å². The van der Waals surface area contributed by atoms with Crippen LogP contribution in [0, 0.1) is 0 Å². The lowest BCUT2D eigenvalue weighted by atomic mass is 9.96. The molecule has 0 heterocycles. The van der Waals surface area contributed by atoms with Crippen LogP contribution in [0.15, 0.2) is 22.7 Å². The van der Waals surface area contributed by atoms with Crippen LogP contribution >= 0.6 is 15.9 Å². The first-order valence-electron chi connectivity index (χ1n) is 8.04. The number of ether oxygens (including phenoxy) is 1. The summed E-state index contributed by atoms with van der Waals surface area (Å²) in [6.07, 6.45) is 9.83. The molecular weight excluding hydrogens is 314 g/mol. The Morgan fingerprint density at radius 2 is 1.85 bits per heavy atom. The molecule has 0 radical (unpaired) electrons. The number of rotatable bonds is 5. The van der Waals surface area contributed by atoms with Gasteiger partial charge in [0, 0.05) is 10.0 Å². The molecule has 0 saturated heterocycles. The van der Waals surface area contributed by atoms with Crippen molar-refractivity contribution >= 4 is 15.9 Å². The predicted octanol–water partition coefficient (Wildman–Crippen LogP) is 4.02. The molecular formula is C17H27BrNO+. The lowest BCUT2D eigenvalue weighted by Gasteiger charge is -2.19. The number of hydrogen-bond acceptors (Lipinski definition) is 1. The average molecular weight is 341 g/mol. The second-order valence-electron chi connectivity index (χ2n) is 5.73. The van der Waals surface area contributed by atoms with E-state index in [1.165, 1.54) is 50.5 Å². The highest BCUT2D eigenvalue weighted by atomic mass is 79.9. The summed E-state index contributed by atoms with van der Waals surface area (Å²) in [4.78, 5) is 0. The van der Waals surface area contributed by atoms with Gasteiger partial charge in [-0.3, -0.25) is 0 Å². The third-order valence-corrected chi connectivity index (χ3v) is 4.64. The molecule has 0 bridgehead atoms. The minimum absolute atomic E-state index is 0.734. The maximum atomic E-state index is 5.74. The summed E-state index contributed by atoms with van der Waals surface area (Å²) in [6.45, 7) is 3.81. The Bertz CT molecular complexity index is 400. The fourth-order valence-electron chi connectivity index (χ4n) is 3.02. The summed E-state index contributed by atoms with van der Waals surface area (Å²) >= 11 is 3.57. The van der Waals surface area contributed by atoms with Crippen LogP contribution in [0.3, 0.4) is 0 Å². The lowest BCUT2D eigenvalue weighted by Crippen LogP contribution is -2.88. The second-order valence-corrected chi connectivity index (χ2v) is 6.65. The largest absolute Gasteiger partial charge is 0.493 e. The number of quaternary nitrogens is 1. The molecule has 0 unspecified atom stereocenters. The first-order valence-corrected chi connectivity index (χ1v) is 8.83. The number of nitrogens with two attached hydrogens (primary N) is 1. The third kappa shape index (κ3) is 5.10. The molecule has 0 aliphatic heterocycles. The summed E-state index contributed by atoms with van der Waals surface area (Å²) in [5.41, 5.74) is 1.31. The molecule has 1 aliphatic rings. The highest BCUT2D eigenvalue weighted by molar-refractivity contribution is 9.10. The van der Waals surface area contributed by atoms with Crippen LogP contribution in [0.25, 0.3) is 0 Å². The van der Waals surface area contributed by atoms with Gasteiger partial charge in [0.1, 0.15) is 12.3 Å².